The van der Waals surface area contributed by atoms with Crippen molar-refractivity contribution in [3.63, 3.8) is 0 Å². The lowest BCUT2D eigenvalue weighted by Gasteiger charge is -2.20. The van der Waals surface area contributed by atoms with Crippen LogP contribution in [0.3, 0.4) is 0 Å². The Labute approximate surface area is 109 Å². The monoisotopic (exact) mass is 304 g/mol. The summed E-state index contributed by atoms with van der Waals surface area (Å²) in [7, 11) is 3.07. The van der Waals surface area contributed by atoms with Crippen LogP contribution in [0.5, 0.6) is 11.5 Å². The number of aliphatic hydroxyl groups excluding tert-OH is 2. The van der Waals surface area contributed by atoms with Crippen molar-refractivity contribution in [3.05, 3.63) is 23.8 Å². The summed E-state index contributed by atoms with van der Waals surface area (Å²) in [6.45, 7) is 0. The van der Waals surface area contributed by atoms with E-state index in [4.69, 9.17) is 9.47 Å². The topological polar surface area (TPSA) is 58.9 Å². The highest BCUT2D eigenvalue weighted by Gasteiger charge is 2.21. The van der Waals surface area contributed by atoms with Crippen molar-refractivity contribution in [2.45, 2.75) is 18.6 Å². The molecule has 0 radical (unpaired) electrons. The molecule has 0 aliphatic heterocycles. The van der Waals surface area contributed by atoms with E-state index in [1.807, 2.05) is 0 Å². The second-order valence-electron chi connectivity index (χ2n) is 3.60. The average Bonchev–Trinajstić information content (AvgIpc) is 2.37. The third kappa shape index (κ3) is 3.59. The van der Waals surface area contributed by atoms with Gasteiger partial charge in [0.1, 0.15) is 17.6 Å². The van der Waals surface area contributed by atoms with Crippen LogP contribution in [0.25, 0.3) is 0 Å². The molecule has 0 saturated carbocycles. The van der Waals surface area contributed by atoms with Gasteiger partial charge >= 0.3 is 0 Å². The van der Waals surface area contributed by atoms with E-state index in [1.54, 1.807) is 25.3 Å². The summed E-state index contributed by atoms with van der Waals surface area (Å²) in [5.74, 6) is 1.15. The molecule has 0 aliphatic rings. The lowest BCUT2D eigenvalue weighted by molar-refractivity contribution is 0.0159. The largest absolute Gasteiger partial charge is 0.497 e. The Morgan fingerprint density at radius 2 is 1.94 bits per heavy atom. The van der Waals surface area contributed by atoms with Gasteiger partial charge in [0.05, 0.1) is 20.3 Å². The molecule has 17 heavy (non-hydrogen) atoms. The standard InChI is InChI=1S/C12H17BrO4/c1-16-8-3-4-11(17-2)9(7-8)12(15)10(14)5-6-13/h3-4,7,10,12,14-15H,5-6H2,1-2H3. The lowest BCUT2D eigenvalue weighted by Crippen LogP contribution is -2.19. The summed E-state index contributed by atoms with van der Waals surface area (Å²) < 4.78 is 10.2. The van der Waals surface area contributed by atoms with Crippen LogP contribution >= 0.6 is 15.9 Å². The molecule has 0 spiro atoms. The Kier molecular flexibility index (Phi) is 5.74. The van der Waals surface area contributed by atoms with Crippen LogP contribution in [-0.4, -0.2) is 35.9 Å². The highest BCUT2D eigenvalue weighted by atomic mass is 79.9. The minimum Gasteiger partial charge on any atom is -0.497 e. The number of aliphatic hydroxyl groups is 2. The van der Waals surface area contributed by atoms with Crippen LogP contribution in [0.1, 0.15) is 18.1 Å². The molecule has 0 bridgehead atoms. The van der Waals surface area contributed by atoms with Crippen LogP contribution in [-0.2, 0) is 0 Å². The number of alkyl halides is 1. The quantitative estimate of drug-likeness (QED) is 0.788. The summed E-state index contributed by atoms with van der Waals surface area (Å²) in [5, 5.41) is 20.4. The number of hydrogen-bond acceptors (Lipinski definition) is 4. The van der Waals surface area contributed by atoms with Gasteiger partial charge in [0.15, 0.2) is 0 Å². The molecule has 1 aromatic carbocycles. The molecule has 0 fully saturated rings. The van der Waals surface area contributed by atoms with Crippen molar-refractivity contribution in [2.24, 2.45) is 0 Å². The van der Waals surface area contributed by atoms with E-state index in [2.05, 4.69) is 15.9 Å². The number of rotatable bonds is 6. The van der Waals surface area contributed by atoms with Crippen molar-refractivity contribution in [1.29, 1.82) is 0 Å². The van der Waals surface area contributed by atoms with Crippen molar-refractivity contribution in [1.82, 2.24) is 0 Å². The smallest absolute Gasteiger partial charge is 0.125 e. The summed E-state index contributed by atoms with van der Waals surface area (Å²) in [5.41, 5.74) is 0.528. The molecular formula is C12H17BrO4. The Balaban J connectivity index is 3.00. The molecule has 0 saturated heterocycles. The predicted octanol–water partition coefficient (Wildman–Crippen LogP) is 1.88. The summed E-state index contributed by atoms with van der Waals surface area (Å²) in [6.07, 6.45) is -1.37. The minimum absolute atomic E-state index is 0.460. The molecule has 0 heterocycles. The molecule has 0 aliphatic carbocycles. The predicted molar refractivity (Wildman–Crippen MR) is 68.9 cm³/mol. The highest BCUT2D eigenvalue weighted by Crippen LogP contribution is 2.31. The maximum Gasteiger partial charge on any atom is 0.125 e. The lowest BCUT2D eigenvalue weighted by atomic mass is 10.0. The molecule has 2 unspecified atom stereocenters. The van der Waals surface area contributed by atoms with Gasteiger partial charge in [-0.05, 0) is 24.6 Å². The van der Waals surface area contributed by atoms with Crippen molar-refractivity contribution in [3.8, 4) is 11.5 Å². The number of halogens is 1. The van der Waals surface area contributed by atoms with Crippen molar-refractivity contribution in [2.75, 3.05) is 19.5 Å². The van der Waals surface area contributed by atoms with E-state index in [9.17, 15) is 10.2 Å². The van der Waals surface area contributed by atoms with E-state index in [-0.39, 0.29) is 0 Å². The van der Waals surface area contributed by atoms with Crippen LogP contribution in [0.4, 0.5) is 0 Å². The minimum atomic E-state index is -0.988. The SMILES string of the molecule is COc1ccc(OC)c(C(O)C(O)CCBr)c1. The highest BCUT2D eigenvalue weighted by molar-refractivity contribution is 9.09. The number of methoxy groups -OCH3 is 2. The van der Waals surface area contributed by atoms with Gasteiger partial charge < -0.3 is 19.7 Å². The molecule has 96 valence electrons. The summed E-state index contributed by atoms with van der Waals surface area (Å²) >= 11 is 3.23. The first kappa shape index (κ1) is 14.3. The molecule has 0 amide bonds. The maximum atomic E-state index is 10.0. The van der Waals surface area contributed by atoms with Crippen LogP contribution < -0.4 is 9.47 Å². The second-order valence-corrected chi connectivity index (χ2v) is 4.39. The van der Waals surface area contributed by atoms with E-state index in [0.29, 0.717) is 28.8 Å². The molecule has 1 aromatic rings. The van der Waals surface area contributed by atoms with Crippen molar-refractivity contribution >= 4 is 15.9 Å². The summed E-state index contributed by atoms with van der Waals surface area (Å²) in [6, 6.07) is 5.12. The normalized spacial score (nSPS) is 14.2. The van der Waals surface area contributed by atoms with Crippen LogP contribution in [0, 0.1) is 0 Å². The Bertz CT molecular complexity index is 356. The van der Waals surface area contributed by atoms with Crippen molar-refractivity contribution < 1.29 is 19.7 Å². The third-order valence-corrected chi connectivity index (χ3v) is 2.98. The van der Waals surface area contributed by atoms with E-state index in [0.717, 1.165) is 0 Å². The fourth-order valence-corrected chi connectivity index (χ4v) is 2.02. The molecule has 1 rings (SSSR count). The van der Waals surface area contributed by atoms with Gasteiger partial charge in [-0.1, -0.05) is 15.9 Å². The zero-order valence-electron chi connectivity index (χ0n) is 9.89. The van der Waals surface area contributed by atoms with Gasteiger partial charge in [-0.3, -0.25) is 0 Å². The fraction of sp³-hybridized carbons (Fsp3) is 0.500. The first-order chi connectivity index (χ1) is 8.13. The average molecular weight is 305 g/mol. The summed E-state index contributed by atoms with van der Waals surface area (Å²) in [4.78, 5) is 0. The molecule has 2 N–H and O–H groups in total. The van der Waals surface area contributed by atoms with E-state index < -0.39 is 12.2 Å². The first-order valence-corrected chi connectivity index (χ1v) is 6.40. The zero-order valence-corrected chi connectivity index (χ0v) is 11.5. The van der Waals surface area contributed by atoms with E-state index in [1.165, 1.54) is 7.11 Å². The maximum absolute atomic E-state index is 10.0. The first-order valence-electron chi connectivity index (χ1n) is 5.28. The van der Waals surface area contributed by atoms with Gasteiger partial charge in [-0.25, -0.2) is 0 Å². The molecule has 4 nitrogen and oxygen atoms in total. The van der Waals surface area contributed by atoms with Gasteiger partial charge in [0.25, 0.3) is 0 Å². The Hall–Kier alpha value is -0.780. The molecule has 5 heteroatoms. The second kappa shape index (κ2) is 6.83. The number of hydrogen-bond donors (Lipinski definition) is 2. The third-order valence-electron chi connectivity index (χ3n) is 2.52. The Morgan fingerprint density at radius 3 is 2.47 bits per heavy atom. The van der Waals surface area contributed by atoms with Gasteiger partial charge in [-0.2, -0.15) is 0 Å². The fourth-order valence-electron chi connectivity index (χ4n) is 1.55. The van der Waals surface area contributed by atoms with E-state index >= 15 is 0 Å². The number of benzene rings is 1. The Morgan fingerprint density at radius 1 is 1.24 bits per heavy atom. The van der Waals surface area contributed by atoms with Crippen LogP contribution in [0.15, 0.2) is 18.2 Å². The molecule has 0 aromatic heterocycles. The van der Waals surface area contributed by atoms with Gasteiger partial charge in [0, 0.05) is 10.9 Å². The molecule has 2 atom stereocenters. The van der Waals surface area contributed by atoms with Gasteiger partial charge in [-0.15, -0.1) is 0 Å². The molecular weight excluding hydrogens is 288 g/mol. The van der Waals surface area contributed by atoms with Gasteiger partial charge in [0.2, 0.25) is 0 Å². The number of ether oxygens (including phenoxy) is 2. The van der Waals surface area contributed by atoms with Crippen LogP contribution in [0.2, 0.25) is 0 Å². The zero-order chi connectivity index (χ0) is 12.8.